The number of furan rings is 1. The average molecular weight is 358 g/mol. The molecule has 4 rings (SSSR count). The summed E-state index contributed by atoms with van der Waals surface area (Å²) in [7, 11) is 3.22. The molecule has 0 fully saturated rings. The van der Waals surface area contributed by atoms with E-state index in [2.05, 4.69) is 0 Å². The van der Waals surface area contributed by atoms with E-state index < -0.39 is 0 Å². The Morgan fingerprint density at radius 3 is 2.15 bits per heavy atom. The molecule has 0 N–H and O–H groups in total. The first-order valence-corrected chi connectivity index (χ1v) is 8.54. The van der Waals surface area contributed by atoms with Crippen LogP contribution in [0.25, 0.3) is 33.4 Å². The van der Waals surface area contributed by atoms with Crippen molar-refractivity contribution in [3.63, 3.8) is 0 Å². The van der Waals surface area contributed by atoms with E-state index in [9.17, 15) is 4.79 Å². The van der Waals surface area contributed by atoms with E-state index in [1.165, 1.54) is 0 Å². The molecule has 0 aliphatic heterocycles. The van der Waals surface area contributed by atoms with Crippen molar-refractivity contribution < 1.29 is 18.7 Å². The van der Waals surface area contributed by atoms with Crippen molar-refractivity contribution in [3.8, 4) is 33.9 Å². The highest BCUT2D eigenvalue weighted by atomic mass is 16.5. The lowest BCUT2D eigenvalue weighted by Gasteiger charge is -2.06. The summed E-state index contributed by atoms with van der Waals surface area (Å²) in [6.45, 7) is 0. The summed E-state index contributed by atoms with van der Waals surface area (Å²) in [4.78, 5) is 11.6. The van der Waals surface area contributed by atoms with Gasteiger partial charge in [-0.15, -0.1) is 0 Å². The number of methoxy groups -OCH3 is 2. The molecule has 0 amide bonds. The molecule has 0 unspecified atom stereocenters. The van der Waals surface area contributed by atoms with E-state index in [-0.39, 0.29) is 0 Å². The first kappa shape index (κ1) is 16.9. The monoisotopic (exact) mass is 358 g/mol. The SMILES string of the molecule is COc1ccc(-c2oc3c(C=O)cc(OC)cc3c2-c2ccccc2)cc1. The van der Waals surface area contributed by atoms with Crippen LogP contribution in [0.1, 0.15) is 10.4 Å². The highest BCUT2D eigenvalue weighted by molar-refractivity contribution is 6.07. The highest BCUT2D eigenvalue weighted by Crippen LogP contribution is 2.43. The van der Waals surface area contributed by atoms with Crippen LogP contribution >= 0.6 is 0 Å². The largest absolute Gasteiger partial charge is 0.497 e. The molecule has 0 spiro atoms. The number of benzene rings is 3. The fourth-order valence-electron chi connectivity index (χ4n) is 3.24. The maximum absolute atomic E-state index is 11.6. The summed E-state index contributed by atoms with van der Waals surface area (Å²) >= 11 is 0. The molecule has 0 bridgehead atoms. The van der Waals surface area contributed by atoms with E-state index in [1.807, 2.05) is 60.7 Å². The van der Waals surface area contributed by atoms with Crippen molar-refractivity contribution in [2.75, 3.05) is 14.2 Å². The zero-order valence-electron chi connectivity index (χ0n) is 15.1. The van der Waals surface area contributed by atoms with E-state index in [0.717, 1.165) is 34.1 Å². The summed E-state index contributed by atoms with van der Waals surface area (Å²) in [6, 6.07) is 21.2. The summed E-state index contributed by atoms with van der Waals surface area (Å²) < 4.78 is 16.8. The number of fused-ring (bicyclic) bond motifs is 1. The van der Waals surface area contributed by atoms with Crippen LogP contribution in [0.2, 0.25) is 0 Å². The zero-order valence-corrected chi connectivity index (χ0v) is 15.1. The predicted molar refractivity (Wildman–Crippen MR) is 106 cm³/mol. The van der Waals surface area contributed by atoms with Gasteiger partial charge < -0.3 is 13.9 Å². The van der Waals surface area contributed by atoms with Gasteiger partial charge in [0, 0.05) is 16.5 Å². The first-order chi connectivity index (χ1) is 13.2. The summed E-state index contributed by atoms with van der Waals surface area (Å²) in [5.41, 5.74) is 3.85. The zero-order chi connectivity index (χ0) is 18.8. The molecule has 0 saturated carbocycles. The lowest BCUT2D eigenvalue weighted by Crippen LogP contribution is -1.87. The molecular weight excluding hydrogens is 340 g/mol. The maximum Gasteiger partial charge on any atom is 0.153 e. The Balaban J connectivity index is 2.06. The molecule has 0 aliphatic carbocycles. The first-order valence-electron chi connectivity index (χ1n) is 8.54. The average Bonchev–Trinajstić information content (AvgIpc) is 3.13. The number of aldehydes is 1. The Morgan fingerprint density at radius 1 is 0.815 bits per heavy atom. The minimum atomic E-state index is 0.460. The Bertz CT molecular complexity index is 1090. The number of hydrogen-bond acceptors (Lipinski definition) is 4. The molecule has 134 valence electrons. The molecule has 0 saturated heterocycles. The quantitative estimate of drug-likeness (QED) is 0.436. The van der Waals surface area contributed by atoms with Gasteiger partial charge in [0.2, 0.25) is 0 Å². The van der Waals surface area contributed by atoms with Crippen LogP contribution in [-0.4, -0.2) is 20.5 Å². The van der Waals surface area contributed by atoms with Gasteiger partial charge in [-0.2, -0.15) is 0 Å². The standard InChI is InChI=1S/C23H18O4/c1-25-18-10-8-16(9-11-18)23-21(15-6-4-3-5-7-15)20-13-19(26-2)12-17(14-24)22(20)27-23/h3-14H,1-2H3. The van der Waals surface area contributed by atoms with Crippen LogP contribution < -0.4 is 9.47 Å². The Hall–Kier alpha value is -3.53. The van der Waals surface area contributed by atoms with Crippen LogP contribution in [0.15, 0.2) is 71.1 Å². The second-order valence-electron chi connectivity index (χ2n) is 6.11. The lowest BCUT2D eigenvalue weighted by atomic mass is 9.97. The Kier molecular flexibility index (Phi) is 4.38. The van der Waals surface area contributed by atoms with Crippen molar-refractivity contribution in [1.29, 1.82) is 0 Å². The molecule has 4 heteroatoms. The summed E-state index contributed by atoms with van der Waals surface area (Å²) in [6.07, 6.45) is 0.793. The number of rotatable bonds is 5. The fourth-order valence-corrected chi connectivity index (χ4v) is 3.24. The summed E-state index contributed by atoms with van der Waals surface area (Å²) in [5.74, 6) is 2.09. The van der Waals surface area contributed by atoms with Gasteiger partial charge in [0.05, 0.1) is 19.8 Å². The smallest absolute Gasteiger partial charge is 0.153 e. The van der Waals surface area contributed by atoms with E-state index in [4.69, 9.17) is 13.9 Å². The van der Waals surface area contributed by atoms with Crippen molar-refractivity contribution >= 4 is 17.3 Å². The van der Waals surface area contributed by atoms with Crippen LogP contribution in [0.3, 0.4) is 0 Å². The van der Waals surface area contributed by atoms with Gasteiger partial charge in [0.1, 0.15) is 22.8 Å². The minimum absolute atomic E-state index is 0.460. The van der Waals surface area contributed by atoms with Crippen molar-refractivity contribution in [2.24, 2.45) is 0 Å². The molecule has 0 radical (unpaired) electrons. The second-order valence-corrected chi connectivity index (χ2v) is 6.11. The van der Waals surface area contributed by atoms with Gasteiger partial charge in [-0.05, 0) is 42.0 Å². The van der Waals surface area contributed by atoms with Crippen molar-refractivity contribution in [2.45, 2.75) is 0 Å². The van der Waals surface area contributed by atoms with Crippen LogP contribution in [0.5, 0.6) is 11.5 Å². The molecule has 1 aromatic heterocycles. The van der Waals surface area contributed by atoms with Gasteiger partial charge in [-0.25, -0.2) is 0 Å². The maximum atomic E-state index is 11.6. The van der Waals surface area contributed by atoms with Gasteiger partial charge in [-0.3, -0.25) is 4.79 Å². The third-order valence-corrected chi connectivity index (χ3v) is 4.57. The third-order valence-electron chi connectivity index (χ3n) is 4.57. The molecule has 0 aliphatic rings. The van der Waals surface area contributed by atoms with Crippen LogP contribution in [0.4, 0.5) is 0 Å². The number of hydrogen-bond donors (Lipinski definition) is 0. The van der Waals surface area contributed by atoms with E-state index in [0.29, 0.717) is 22.7 Å². The lowest BCUT2D eigenvalue weighted by molar-refractivity contribution is 0.112. The number of ether oxygens (including phenoxy) is 2. The van der Waals surface area contributed by atoms with E-state index in [1.54, 1.807) is 20.3 Å². The third kappa shape index (κ3) is 2.95. The topological polar surface area (TPSA) is 48.7 Å². The normalized spacial score (nSPS) is 10.7. The van der Waals surface area contributed by atoms with Crippen molar-refractivity contribution in [3.05, 3.63) is 72.3 Å². The van der Waals surface area contributed by atoms with Gasteiger partial charge in [0.15, 0.2) is 6.29 Å². The van der Waals surface area contributed by atoms with E-state index >= 15 is 0 Å². The van der Waals surface area contributed by atoms with Crippen LogP contribution in [-0.2, 0) is 0 Å². The molecule has 4 nitrogen and oxygen atoms in total. The molecule has 0 atom stereocenters. The molecule has 1 heterocycles. The van der Waals surface area contributed by atoms with Crippen molar-refractivity contribution in [1.82, 2.24) is 0 Å². The number of carbonyl (C=O) groups is 1. The van der Waals surface area contributed by atoms with Crippen LogP contribution in [0, 0.1) is 0 Å². The second kappa shape index (κ2) is 7.00. The Morgan fingerprint density at radius 2 is 1.52 bits per heavy atom. The highest BCUT2D eigenvalue weighted by Gasteiger charge is 2.20. The Labute approximate surface area is 157 Å². The fraction of sp³-hybridized carbons (Fsp3) is 0.0870. The number of carbonyl (C=O) groups excluding carboxylic acids is 1. The van der Waals surface area contributed by atoms with Gasteiger partial charge in [-0.1, -0.05) is 30.3 Å². The molecule has 3 aromatic carbocycles. The molecule has 27 heavy (non-hydrogen) atoms. The molecule has 4 aromatic rings. The minimum Gasteiger partial charge on any atom is -0.497 e. The molecular formula is C23H18O4. The predicted octanol–water partition coefficient (Wildman–Crippen LogP) is 5.60. The van der Waals surface area contributed by atoms with Gasteiger partial charge >= 0.3 is 0 Å². The summed E-state index contributed by atoms with van der Waals surface area (Å²) in [5, 5.41) is 0.841. The van der Waals surface area contributed by atoms with Gasteiger partial charge in [0.25, 0.3) is 0 Å².